The minimum Gasteiger partial charge on any atom is -0.484 e. The van der Waals surface area contributed by atoms with Crippen molar-refractivity contribution in [3.63, 3.8) is 0 Å². The second kappa shape index (κ2) is 7.40. The predicted molar refractivity (Wildman–Crippen MR) is 87.8 cm³/mol. The van der Waals surface area contributed by atoms with Crippen LogP contribution < -0.4 is 10.1 Å². The van der Waals surface area contributed by atoms with Crippen LogP contribution in [0.3, 0.4) is 0 Å². The number of nitrogens with one attached hydrogen (secondary N) is 1. The molecule has 2 aromatic rings. The fraction of sp³-hybridized carbons (Fsp3) is 0.235. The van der Waals surface area contributed by atoms with Crippen molar-refractivity contribution in [2.24, 2.45) is 0 Å². The number of nitro benzene ring substituents is 1. The second-order valence-corrected chi connectivity index (χ2v) is 5.10. The van der Waals surface area contributed by atoms with Crippen molar-refractivity contribution in [2.45, 2.75) is 20.3 Å². The fourth-order valence-electron chi connectivity index (χ4n) is 2.14. The lowest BCUT2D eigenvalue weighted by Crippen LogP contribution is -2.20. The maximum Gasteiger partial charge on any atom is 0.272 e. The Morgan fingerprint density at radius 1 is 1.26 bits per heavy atom. The monoisotopic (exact) mass is 314 g/mol. The molecule has 23 heavy (non-hydrogen) atoms. The van der Waals surface area contributed by atoms with Crippen LogP contribution in [0, 0.1) is 17.0 Å². The molecule has 0 fully saturated rings. The van der Waals surface area contributed by atoms with Crippen molar-refractivity contribution in [3.8, 4) is 5.75 Å². The highest BCUT2D eigenvalue weighted by atomic mass is 16.6. The summed E-state index contributed by atoms with van der Waals surface area (Å²) in [5, 5.41) is 13.4. The van der Waals surface area contributed by atoms with Gasteiger partial charge in [0.25, 0.3) is 11.6 Å². The number of carbonyl (C=O) groups is 1. The number of anilines is 1. The number of nitro groups is 1. The van der Waals surface area contributed by atoms with Crippen LogP contribution >= 0.6 is 0 Å². The molecule has 0 bridgehead atoms. The van der Waals surface area contributed by atoms with Gasteiger partial charge >= 0.3 is 0 Å². The molecular weight excluding hydrogens is 296 g/mol. The smallest absolute Gasteiger partial charge is 0.272 e. The number of hydrogen-bond acceptors (Lipinski definition) is 4. The zero-order valence-electron chi connectivity index (χ0n) is 13.0. The van der Waals surface area contributed by atoms with Crippen molar-refractivity contribution in [3.05, 3.63) is 63.7 Å². The summed E-state index contributed by atoms with van der Waals surface area (Å²) in [6, 6.07) is 12.0. The SMILES string of the molecule is CCc1cccc(OCC(=O)Nc2ccc([N+](=O)[O-])c(C)c2)c1. The van der Waals surface area contributed by atoms with Crippen LogP contribution in [0.4, 0.5) is 11.4 Å². The van der Waals surface area contributed by atoms with Crippen LogP contribution in [0.5, 0.6) is 5.75 Å². The number of amides is 1. The average Bonchev–Trinajstić information content (AvgIpc) is 2.53. The summed E-state index contributed by atoms with van der Waals surface area (Å²) < 4.78 is 5.45. The van der Waals surface area contributed by atoms with Crippen molar-refractivity contribution < 1.29 is 14.5 Å². The van der Waals surface area contributed by atoms with E-state index in [-0.39, 0.29) is 18.2 Å². The fourth-order valence-corrected chi connectivity index (χ4v) is 2.14. The molecule has 6 nitrogen and oxygen atoms in total. The van der Waals surface area contributed by atoms with Crippen molar-refractivity contribution in [2.75, 3.05) is 11.9 Å². The molecule has 0 heterocycles. The summed E-state index contributed by atoms with van der Waals surface area (Å²) in [6.07, 6.45) is 0.894. The van der Waals surface area contributed by atoms with Gasteiger partial charge in [0.15, 0.2) is 6.61 Å². The first-order chi connectivity index (χ1) is 11.0. The molecule has 0 atom stereocenters. The van der Waals surface area contributed by atoms with E-state index in [1.165, 1.54) is 12.1 Å². The summed E-state index contributed by atoms with van der Waals surface area (Å²) in [4.78, 5) is 22.2. The molecule has 0 aliphatic heterocycles. The minimum atomic E-state index is -0.454. The summed E-state index contributed by atoms with van der Waals surface area (Å²) >= 11 is 0. The van der Waals surface area contributed by atoms with Gasteiger partial charge in [-0.2, -0.15) is 0 Å². The van der Waals surface area contributed by atoms with Crippen LogP contribution in [-0.2, 0) is 11.2 Å². The van der Waals surface area contributed by atoms with E-state index < -0.39 is 4.92 Å². The number of ether oxygens (including phenoxy) is 1. The minimum absolute atomic E-state index is 0.0237. The summed E-state index contributed by atoms with van der Waals surface area (Å²) in [6.45, 7) is 3.55. The van der Waals surface area contributed by atoms with Crippen LogP contribution in [0.15, 0.2) is 42.5 Å². The van der Waals surface area contributed by atoms with E-state index in [4.69, 9.17) is 4.74 Å². The maximum atomic E-state index is 11.9. The quantitative estimate of drug-likeness (QED) is 0.653. The number of hydrogen-bond donors (Lipinski definition) is 1. The number of aryl methyl sites for hydroxylation is 2. The Morgan fingerprint density at radius 2 is 2.04 bits per heavy atom. The van der Waals surface area contributed by atoms with Crippen LogP contribution in [0.2, 0.25) is 0 Å². The van der Waals surface area contributed by atoms with Crippen molar-refractivity contribution >= 4 is 17.3 Å². The maximum absolute atomic E-state index is 11.9. The molecule has 1 amide bonds. The summed E-state index contributed by atoms with van der Waals surface area (Å²) in [5.41, 5.74) is 2.15. The van der Waals surface area contributed by atoms with Gasteiger partial charge in [-0.1, -0.05) is 19.1 Å². The Kier molecular flexibility index (Phi) is 5.30. The van der Waals surface area contributed by atoms with Gasteiger partial charge in [0.2, 0.25) is 0 Å². The van der Waals surface area contributed by atoms with Crippen LogP contribution in [-0.4, -0.2) is 17.4 Å². The topological polar surface area (TPSA) is 81.5 Å². The highest BCUT2D eigenvalue weighted by Gasteiger charge is 2.11. The molecule has 0 saturated carbocycles. The lowest BCUT2D eigenvalue weighted by atomic mass is 10.2. The summed E-state index contributed by atoms with van der Waals surface area (Å²) in [7, 11) is 0. The average molecular weight is 314 g/mol. The van der Waals surface area contributed by atoms with Gasteiger partial charge in [-0.25, -0.2) is 0 Å². The van der Waals surface area contributed by atoms with Gasteiger partial charge in [-0.15, -0.1) is 0 Å². The highest BCUT2D eigenvalue weighted by molar-refractivity contribution is 5.92. The molecule has 6 heteroatoms. The zero-order valence-corrected chi connectivity index (χ0v) is 13.0. The molecule has 2 rings (SSSR count). The molecule has 120 valence electrons. The van der Waals surface area contributed by atoms with E-state index in [1.54, 1.807) is 19.1 Å². The largest absolute Gasteiger partial charge is 0.484 e. The van der Waals surface area contributed by atoms with Gasteiger partial charge in [-0.05, 0) is 43.2 Å². The number of rotatable bonds is 6. The van der Waals surface area contributed by atoms with Gasteiger partial charge in [-0.3, -0.25) is 14.9 Å². The first-order valence-electron chi connectivity index (χ1n) is 7.26. The molecule has 2 aromatic carbocycles. The van der Waals surface area contributed by atoms with Crippen molar-refractivity contribution in [1.29, 1.82) is 0 Å². The molecule has 0 saturated heterocycles. The molecule has 0 spiro atoms. The second-order valence-electron chi connectivity index (χ2n) is 5.10. The third kappa shape index (κ3) is 4.54. The van der Waals surface area contributed by atoms with Gasteiger partial charge in [0, 0.05) is 17.3 Å². The number of benzene rings is 2. The Bertz CT molecular complexity index is 728. The molecule has 0 radical (unpaired) electrons. The van der Waals surface area contributed by atoms with Crippen LogP contribution in [0.25, 0.3) is 0 Å². The van der Waals surface area contributed by atoms with E-state index in [0.29, 0.717) is 17.0 Å². The summed E-state index contributed by atoms with van der Waals surface area (Å²) in [5.74, 6) is 0.319. The van der Waals surface area contributed by atoms with Gasteiger partial charge in [0.1, 0.15) is 5.75 Å². The standard InChI is InChI=1S/C17H18N2O4/c1-3-13-5-4-6-15(10-13)23-11-17(20)18-14-7-8-16(19(21)22)12(2)9-14/h4-10H,3,11H2,1-2H3,(H,18,20). The molecule has 0 unspecified atom stereocenters. The van der Waals surface area contributed by atoms with Crippen molar-refractivity contribution in [1.82, 2.24) is 0 Å². The molecule has 1 N–H and O–H groups in total. The Morgan fingerprint density at radius 3 is 2.70 bits per heavy atom. The number of carbonyl (C=O) groups excluding carboxylic acids is 1. The zero-order chi connectivity index (χ0) is 16.8. The highest BCUT2D eigenvalue weighted by Crippen LogP contribution is 2.21. The molecule has 0 aromatic heterocycles. The lowest BCUT2D eigenvalue weighted by molar-refractivity contribution is -0.385. The van der Waals surface area contributed by atoms with E-state index in [0.717, 1.165) is 12.0 Å². The first kappa shape index (κ1) is 16.5. The third-order valence-electron chi connectivity index (χ3n) is 3.35. The van der Waals surface area contributed by atoms with E-state index in [1.807, 2.05) is 25.1 Å². The first-order valence-corrected chi connectivity index (χ1v) is 7.26. The van der Waals surface area contributed by atoms with Crippen LogP contribution in [0.1, 0.15) is 18.1 Å². The molecular formula is C17H18N2O4. The van der Waals surface area contributed by atoms with E-state index >= 15 is 0 Å². The Balaban J connectivity index is 1.94. The van der Waals surface area contributed by atoms with Gasteiger partial charge < -0.3 is 10.1 Å². The molecule has 0 aliphatic rings. The Labute approximate surface area is 134 Å². The van der Waals surface area contributed by atoms with Gasteiger partial charge in [0.05, 0.1) is 4.92 Å². The van der Waals surface area contributed by atoms with E-state index in [9.17, 15) is 14.9 Å². The predicted octanol–water partition coefficient (Wildman–Crippen LogP) is 3.48. The number of nitrogens with zero attached hydrogens (tertiary/aromatic N) is 1. The van der Waals surface area contributed by atoms with E-state index in [2.05, 4.69) is 5.32 Å². The third-order valence-corrected chi connectivity index (χ3v) is 3.35. The Hall–Kier alpha value is -2.89. The normalized spacial score (nSPS) is 10.2. The molecule has 0 aliphatic carbocycles. The lowest BCUT2D eigenvalue weighted by Gasteiger charge is -2.09.